The molecule has 0 saturated carbocycles. The van der Waals surface area contributed by atoms with Crippen molar-refractivity contribution in [3.05, 3.63) is 47.4 Å². The van der Waals surface area contributed by atoms with E-state index in [1.54, 1.807) is 13.2 Å². The van der Waals surface area contributed by atoms with Crippen LogP contribution >= 0.6 is 0 Å². The second-order valence-corrected chi connectivity index (χ2v) is 6.86. The van der Waals surface area contributed by atoms with Gasteiger partial charge in [0.05, 0.1) is 7.11 Å². The molecule has 2 heterocycles. The molecule has 1 N–H and O–H groups in total. The van der Waals surface area contributed by atoms with Gasteiger partial charge in [-0.05, 0) is 43.4 Å². The lowest BCUT2D eigenvalue weighted by Gasteiger charge is -2.30. The van der Waals surface area contributed by atoms with Crippen molar-refractivity contribution in [2.45, 2.75) is 33.2 Å². The van der Waals surface area contributed by atoms with Crippen molar-refractivity contribution in [2.24, 2.45) is 5.92 Å². The third-order valence-electron chi connectivity index (χ3n) is 4.76. The third kappa shape index (κ3) is 4.50. The van der Waals surface area contributed by atoms with Gasteiger partial charge in [0, 0.05) is 25.7 Å². The summed E-state index contributed by atoms with van der Waals surface area (Å²) < 4.78 is 5.17. The van der Waals surface area contributed by atoms with Crippen molar-refractivity contribution >= 4 is 11.7 Å². The molecule has 1 aliphatic rings. The molecule has 3 rings (SSSR count). The van der Waals surface area contributed by atoms with E-state index in [0.717, 1.165) is 37.2 Å². The molecule has 1 amide bonds. The Morgan fingerprint density at radius 2 is 1.92 bits per heavy atom. The zero-order valence-corrected chi connectivity index (χ0v) is 15.7. The number of aryl methyl sites for hydroxylation is 1. The summed E-state index contributed by atoms with van der Waals surface area (Å²) in [5.41, 5.74) is 1.57. The molecule has 0 radical (unpaired) electrons. The first-order chi connectivity index (χ1) is 12.5. The van der Waals surface area contributed by atoms with Crippen molar-refractivity contribution in [2.75, 3.05) is 25.5 Å². The Kier molecular flexibility index (Phi) is 5.71. The van der Waals surface area contributed by atoms with Crippen molar-refractivity contribution in [1.29, 1.82) is 0 Å². The van der Waals surface area contributed by atoms with Crippen LogP contribution in [0.5, 0.6) is 5.75 Å². The number of rotatable bonds is 5. The summed E-state index contributed by atoms with van der Waals surface area (Å²) in [6, 6.07) is 9.60. The fourth-order valence-electron chi connectivity index (χ4n) is 3.08. The fraction of sp³-hybridized carbons (Fsp3) is 0.450. The molecule has 1 aromatic heterocycles. The summed E-state index contributed by atoms with van der Waals surface area (Å²) >= 11 is 0. The SMILES string of the molecule is COc1ccc(CNc2cc(C(=O)N3CCC(C)CC3)nc(C)n2)cc1. The normalized spacial score (nSPS) is 15.0. The van der Waals surface area contributed by atoms with Gasteiger partial charge in [-0.1, -0.05) is 19.1 Å². The summed E-state index contributed by atoms with van der Waals surface area (Å²) in [4.78, 5) is 23.4. The van der Waals surface area contributed by atoms with Crippen LogP contribution in [-0.2, 0) is 6.54 Å². The predicted octanol–water partition coefficient (Wildman–Crippen LogP) is 3.28. The zero-order valence-electron chi connectivity index (χ0n) is 15.7. The van der Waals surface area contributed by atoms with Gasteiger partial charge in [0.2, 0.25) is 0 Å². The number of ether oxygens (including phenoxy) is 1. The number of nitrogens with one attached hydrogen (secondary N) is 1. The lowest BCUT2D eigenvalue weighted by Crippen LogP contribution is -2.38. The number of likely N-dealkylation sites (tertiary alicyclic amines) is 1. The van der Waals surface area contributed by atoms with Gasteiger partial charge in [-0.3, -0.25) is 4.79 Å². The van der Waals surface area contributed by atoms with E-state index in [2.05, 4.69) is 22.2 Å². The topological polar surface area (TPSA) is 67.3 Å². The van der Waals surface area contributed by atoms with E-state index in [4.69, 9.17) is 4.74 Å². The van der Waals surface area contributed by atoms with Crippen LogP contribution in [0.25, 0.3) is 0 Å². The molecule has 0 unspecified atom stereocenters. The van der Waals surface area contributed by atoms with E-state index in [-0.39, 0.29) is 5.91 Å². The summed E-state index contributed by atoms with van der Waals surface area (Å²) in [6.07, 6.45) is 2.11. The van der Waals surface area contributed by atoms with Crippen molar-refractivity contribution < 1.29 is 9.53 Å². The molecule has 0 spiro atoms. The van der Waals surface area contributed by atoms with Crippen molar-refractivity contribution in [3.8, 4) is 5.75 Å². The standard InChI is InChI=1S/C20H26N4O2/c1-14-8-10-24(11-9-14)20(25)18-12-19(23-15(2)22-18)21-13-16-4-6-17(26-3)7-5-16/h4-7,12,14H,8-11,13H2,1-3H3,(H,21,22,23). The molecule has 1 fully saturated rings. The molecule has 0 atom stereocenters. The zero-order chi connectivity index (χ0) is 18.5. The largest absolute Gasteiger partial charge is 0.497 e. The molecule has 1 aliphatic heterocycles. The maximum Gasteiger partial charge on any atom is 0.272 e. The smallest absolute Gasteiger partial charge is 0.272 e. The molecule has 1 saturated heterocycles. The lowest BCUT2D eigenvalue weighted by molar-refractivity contribution is 0.0691. The number of carbonyl (C=O) groups is 1. The highest BCUT2D eigenvalue weighted by molar-refractivity contribution is 5.93. The van der Waals surface area contributed by atoms with Gasteiger partial charge in [-0.2, -0.15) is 0 Å². The van der Waals surface area contributed by atoms with Crippen LogP contribution in [0.3, 0.4) is 0 Å². The average Bonchev–Trinajstić information content (AvgIpc) is 2.66. The molecule has 6 heteroatoms. The van der Waals surface area contributed by atoms with Crippen molar-refractivity contribution in [1.82, 2.24) is 14.9 Å². The number of amides is 1. The quantitative estimate of drug-likeness (QED) is 0.892. The van der Waals surface area contributed by atoms with Crippen molar-refractivity contribution in [3.63, 3.8) is 0 Å². The van der Waals surface area contributed by atoms with E-state index in [1.807, 2.05) is 36.1 Å². The molecule has 26 heavy (non-hydrogen) atoms. The molecule has 2 aromatic rings. The van der Waals surface area contributed by atoms with E-state index in [0.29, 0.717) is 29.8 Å². The molecular weight excluding hydrogens is 328 g/mol. The number of anilines is 1. The van der Waals surface area contributed by atoms with Crippen LogP contribution in [-0.4, -0.2) is 41.0 Å². The van der Waals surface area contributed by atoms with Crippen LogP contribution in [0, 0.1) is 12.8 Å². The second-order valence-electron chi connectivity index (χ2n) is 6.86. The van der Waals surface area contributed by atoms with Crippen LogP contribution in [0.4, 0.5) is 5.82 Å². The van der Waals surface area contributed by atoms with Gasteiger partial charge in [-0.15, -0.1) is 0 Å². The van der Waals surface area contributed by atoms with Crippen LogP contribution in [0.2, 0.25) is 0 Å². The predicted molar refractivity (Wildman–Crippen MR) is 101 cm³/mol. The number of carbonyl (C=O) groups excluding carboxylic acids is 1. The van der Waals surface area contributed by atoms with Gasteiger partial charge in [-0.25, -0.2) is 9.97 Å². The molecule has 0 bridgehead atoms. The molecule has 138 valence electrons. The number of aromatic nitrogens is 2. The minimum atomic E-state index is -0.00472. The number of hydrogen-bond acceptors (Lipinski definition) is 5. The van der Waals surface area contributed by atoms with Crippen LogP contribution in [0.15, 0.2) is 30.3 Å². The van der Waals surface area contributed by atoms with Gasteiger partial charge in [0.15, 0.2) is 0 Å². The number of hydrogen-bond donors (Lipinski definition) is 1. The Morgan fingerprint density at radius 1 is 1.23 bits per heavy atom. The van der Waals surface area contributed by atoms with E-state index in [9.17, 15) is 4.79 Å². The highest BCUT2D eigenvalue weighted by atomic mass is 16.5. The Bertz CT molecular complexity index is 753. The lowest BCUT2D eigenvalue weighted by atomic mass is 9.99. The van der Waals surface area contributed by atoms with Crippen LogP contribution in [0.1, 0.15) is 41.6 Å². The maximum absolute atomic E-state index is 12.7. The molecular formula is C20H26N4O2. The summed E-state index contributed by atoms with van der Waals surface area (Å²) in [6.45, 7) is 6.27. The third-order valence-corrected chi connectivity index (χ3v) is 4.76. The van der Waals surface area contributed by atoms with Gasteiger partial charge in [0.1, 0.15) is 23.1 Å². The maximum atomic E-state index is 12.7. The monoisotopic (exact) mass is 354 g/mol. The minimum Gasteiger partial charge on any atom is -0.497 e. The Morgan fingerprint density at radius 3 is 2.58 bits per heavy atom. The summed E-state index contributed by atoms with van der Waals surface area (Å²) in [7, 11) is 1.65. The fourth-order valence-corrected chi connectivity index (χ4v) is 3.08. The first-order valence-corrected chi connectivity index (χ1v) is 9.07. The van der Waals surface area contributed by atoms with E-state index >= 15 is 0 Å². The molecule has 1 aromatic carbocycles. The first-order valence-electron chi connectivity index (χ1n) is 9.07. The average molecular weight is 354 g/mol. The minimum absolute atomic E-state index is 0.00472. The van der Waals surface area contributed by atoms with Crippen LogP contribution < -0.4 is 10.1 Å². The Labute approximate surface area is 154 Å². The van der Waals surface area contributed by atoms with Gasteiger partial charge in [0.25, 0.3) is 5.91 Å². The number of benzene rings is 1. The van der Waals surface area contributed by atoms with E-state index < -0.39 is 0 Å². The first kappa shape index (κ1) is 18.2. The molecule has 6 nitrogen and oxygen atoms in total. The van der Waals surface area contributed by atoms with E-state index in [1.165, 1.54) is 0 Å². The highest BCUT2D eigenvalue weighted by Crippen LogP contribution is 2.19. The van der Waals surface area contributed by atoms with Gasteiger partial charge < -0.3 is 15.0 Å². The Balaban J connectivity index is 1.67. The summed E-state index contributed by atoms with van der Waals surface area (Å²) in [5.74, 6) is 2.78. The second kappa shape index (κ2) is 8.17. The molecule has 0 aliphatic carbocycles. The Hall–Kier alpha value is -2.63. The number of piperidine rings is 1. The summed E-state index contributed by atoms with van der Waals surface area (Å²) in [5, 5.41) is 3.28. The number of methoxy groups -OCH3 is 1. The highest BCUT2D eigenvalue weighted by Gasteiger charge is 2.23. The van der Waals surface area contributed by atoms with Gasteiger partial charge >= 0.3 is 0 Å². The number of nitrogens with zero attached hydrogens (tertiary/aromatic N) is 3.